The van der Waals surface area contributed by atoms with Crippen LogP contribution in [-0.2, 0) is 5.41 Å². The van der Waals surface area contributed by atoms with E-state index in [9.17, 15) is 19.8 Å². The SMILES string of the molecule is CC(C)(c1ccc(Oc2ccccc2N)c(C(=O)O)c1)c1ccc(Oc2ccccc2N)c(C(=O)O)c1. The standard InChI is InChI=1S/C29H26N2O6/c1-29(2,17-11-13-23(19(15-17)27(32)33)36-25-9-5-3-7-21(25)30)18-12-14-24(20(16-18)28(34)35)37-26-10-6-4-8-22(26)31/h3-16H,30-31H2,1-2H3,(H,32,33)(H,34,35). The first-order valence-corrected chi connectivity index (χ1v) is 11.4. The Balaban J connectivity index is 1.71. The normalized spacial score (nSPS) is 11.1. The lowest BCUT2D eigenvalue weighted by Gasteiger charge is -2.27. The molecule has 0 saturated heterocycles. The Kier molecular flexibility index (Phi) is 6.75. The molecule has 0 aliphatic heterocycles. The zero-order chi connectivity index (χ0) is 26.7. The molecule has 0 heterocycles. The van der Waals surface area contributed by atoms with Crippen LogP contribution in [0.3, 0.4) is 0 Å². The van der Waals surface area contributed by atoms with Gasteiger partial charge in [0.25, 0.3) is 0 Å². The van der Waals surface area contributed by atoms with Gasteiger partial charge < -0.3 is 31.2 Å². The molecule has 6 N–H and O–H groups in total. The number of para-hydroxylation sites is 4. The van der Waals surface area contributed by atoms with Gasteiger partial charge in [0.1, 0.15) is 34.1 Å². The summed E-state index contributed by atoms with van der Waals surface area (Å²) in [6, 6.07) is 23.3. The monoisotopic (exact) mass is 498 g/mol. The first-order valence-electron chi connectivity index (χ1n) is 11.4. The van der Waals surface area contributed by atoms with Gasteiger partial charge in [-0.15, -0.1) is 0 Å². The van der Waals surface area contributed by atoms with Gasteiger partial charge in [0, 0.05) is 5.41 Å². The van der Waals surface area contributed by atoms with E-state index >= 15 is 0 Å². The Bertz CT molecular complexity index is 1380. The van der Waals surface area contributed by atoms with Gasteiger partial charge in [-0.2, -0.15) is 0 Å². The first-order chi connectivity index (χ1) is 17.6. The van der Waals surface area contributed by atoms with Gasteiger partial charge in [0.05, 0.1) is 11.4 Å². The molecule has 0 aliphatic carbocycles. The lowest BCUT2D eigenvalue weighted by molar-refractivity contribution is 0.0683. The van der Waals surface area contributed by atoms with Crippen LogP contribution in [-0.4, -0.2) is 22.2 Å². The van der Waals surface area contributed by atoms with Crippen molar-refractivity contribution >= 4 is 23.3 Å². The number of hydrogen-bond donors (Lipinski definition) is 4. The molecular formula is C29H26N2O6. The number of nitrogens with two attached hydrogens (primary N) is 2. The third kappa shape index (κ3) is 5.18. The molecule has 188 valence electrons. The highest BCUT2D eigenvalue weighted by Gasteiger charge is 2.28. The maximum atomic E-state index is 12.1. The third-order valence-corrected chi connectivity index (χ3v) is 6.14. The van der Waals surface area contributed by atoms with Crippen LogP contribution >= 0.6 is 0 Å². The number of rotatable bonds is 8. The topological polar surface area (TPSA) is 145 Å². The van der Waals surface area contributed by atoms with Crippen molar-refractivity contribution < 1.29 is 29.3 Å². The van der Waals surface area contributed by atoms with E-state index in [1.165, 1.54) is 12.1 Å². The Hall–Kier alpha value is -4.98. The number of nitrogen functional groups attached to an aromatic ring is 2. The molecule has 0 aromatic heterocycles. The fraction of sp³-hybridized carbons (Fsp3) is 0.103. The molecule has 0 fully saturated rings. The molecule has 0 radical (unpaired) electrons. The molecule has 0 bridgehead atoms. The van der Waals surface area contributed by atoms with Gasteiger partial charge in [-0.3, -0.25) is 0 Å². The highest BCUT2D eigenvalue weighted by Crippen LogP contribution is 2.39. The van der Waals surface area contributed by atoms with E-state index in [0.29, 0.717) is 34.0 Å². The second-order valence-electron chi connectivity index (χ2n) is 8.94. The molecule has 4 aromatic rings. The Morgan fingerprint density at radius 2 is 1.00 bits per heavy atom. The van der Waals surface area contributed by atoms with Crippen molar-refractivity contribution in [1.29, 1.82) is 0 Å². The number of carboxylic acids is 2. The summed E-state index contributed by atoms with van der Waals surface area (Å²) in [5, 5.41) is 19.7. The zero-order valence-corrected chi connectivity index (χ0v) is 20.3. The minimum atomic E-state index is -1.17. The molecule has 0 saturated carbocycles. The van der Waals surface area contributed by atoms with Gasteiger partial charge in [0.2, 0.25) is 0 Å². The maximum absolute atomic E-state index is 12.1. The number of carboxylic acid groups (broad SMARTS) is 2. The summed E-state index contributed by atoms with van der Waals surface area (Å²) in [5.74, 6) is -1.37. The van der Waals surface area contributed by atoms with E-state index in [2.05, 4.69) is 0 Å². The smallest absolute Gasteiger partial charge is 0.339 e. The quantitative estimate of drug-likeness (QED) is 0.211. The predicted molar refractivity (Wildman–Crippen MR) is 141 cm³/mol. The summed E-state index contributed by atoms with van der Waals surface area (Å²) in [7, 11) is 0. The lowest BCUT2D eigenvalue weighted by Crippen LogP contribution is -2.20. The van der Waals surface area contributed by atoms with Crippen LogP contribution in [0.5, 0.6) is 23.0 Å². The summed E-state index contributed by atoms with van der Waals surface area (Å²) in [5.41, 5.74) is 13.1. The number of aromatic carboxylic acids is 2. The minimum absolute atomic E-state index is 0.0493. The lowest BCUT2D eigenvalue weighted by atomic mass is 9.77. The summed E-state index contributed by atoms with van der Waals surface area (Å²) in [6.07, 6.45) is 0. The molecule has 0 unspecified atom stereocenters. The van der Waals surface area contributed by atoms with Crippen molar-refractivity contribution in [1.82, 2.24) is 0 Å². The van der Waals surface area contributed by atoms with E-state index in [4.69, 9.17) is 20.9 Å². The molecule has 8 heteroatoms. The van der Waals surface area contributed by atoms with Crippen LogP contribution in [0.15, 0.2) is 84.9 Å². The molecule has 0 amide bonds. The number of ether oxygens (including phenoxy) is 2. The van der Waals surface area contributed by atoms with Gasteiger partial charge in [-0.1, -0.05) is 50.2 Å². The predicted octanol–water partition coefficient (Wildman–Crippen LogP) is 6.16. The summed E-state index contributed by atoms with van der Waals surface area (Å²) < 4.78 is 11.6. The van der Waals surface area contributed by atoms with Crippen LogP contribution in [0.2, 0.25) is 0 Å². The Labute approximate surface area is 213 Å². The van der Waals surface area contributed by atoms with Crippen LogP contribution in [0, 0.1) is 0 Å². The molecule has 37 heavy (non-hydrogen) atoms. The van der Waals surface area contributed by atoms with Crippen molar-refractivity contribution in [3.8, 4) is 23.0 Å². The summed E-state index contributed by atoms with van der Waals surface area (Å²) in [4.78, 5) is 24.2. The van der Waals surface area contributed by atoms with Gasteiger partial charge in [-0.25, -0.2) is 9.59 Å². The molecule has 4 rings (SSSR count). The van der Waals surface area contributed by atoms with Crippen molar-refractivity contribution in [2.45, 2.75) is 19.3 Å². The number of carbonyl (C=O) groups is 2. The van der Waals surface area contributed by atoms with Crippen molar-refractivity contribution in [2.75, 3.05) is 11.5 Å². The first kappa shape index (κ1) is 25.1. The average Bonchev–Trinajstić information content (AvgIpc) is 2.86. The molecule has 0 aliphatic rings. The largest absolute Gasteiger partial charge is 0.478 e. The average molecular weight is 499 g/mol. The Morgan fingerprint density at radius 1 is 0.622 bits per heavy atom. The number of anilines is 2. The molecule has 0 spiro atoms. The van der Waals surface area contributed by atoms with E-state index in [0.717, 1.165) is 0 Å². The number of benzene rings is 4. The molecular weight excluding hydrogens is 472 g/mol. The van der Waals surface area contributed by atoms with Crippen molar-refractivity contribution in [3.63, 3.8) is 0 Å². The van der Waals surface area contributed by atoms with Crippen LogP contribution < -0.4 is 20.9 Å². The van der Waals surface area contributed by atoms with Gasteiger partial charge in [0.15, 0.2) is 0 Å². The van der Waals surface area contributed by atoms with E-state index in [1.807, 2.05) is 13.8 Å². The Morgan fingerprint density at radius 3 is 1.35 bits per heavy atom. The summed E-state index contributed by atoms with van der Waals surface area (Å²) in [6.45, 7) is 3.75. The van der Waals surface area contributed by atoms with Crippen LogP contribution in [0.25, 0.3) is 0 Å². The van der Waals surface area contributed by atoms with Gasteiger partial charge in [-0.05, 0) is 59.7 Å². The van der Waals surface area contributed by atoms with Gasteiger partial charge >= 0.3 is 11.9 Å². The number of hydrogen-bond acceptors (Lipinski definition) is 6. The van der Waals surface area contributed by atoms with E-state index < -0.39 is 17.4 Å². The molecule has 4 aromatic carbocycles. The van der Waals surface area contributed by atoms with E-state index in [1.54, 1.807) is 72.8 Å². The summed E-state index contributed by atoms with van der Waals surface area (Å²) >= 11 is 0. The highest BCUT2D eigenvalue weighted by molar-refractivity contribution is 5.92. The third-order valence-electron chi connectivity index (χ3n) is 6.14. The second kappa shape index (κ2) is 9.94. The van der Waals surface area contributed by atoms with E-state index in [-0.39, 0.29) is 22.6 Å². The van der Waals surface area contributed by atoms with Crippen LogP contribution in [0.4, 0.5) is 11.4 Å². The van der Waals surface area contributed by atoms with Crippen molar-refractivity contribution in [2.24, 2.45) is 0 Å². The fourth-order valence-electron chi connectivity index (χ4n) is 3.90. The second-order valence-corrected chi connectivity index (χ2v) is 8.94. The van der Waals surface area contributed by atoms with Crippen LogP contribution in [0.1, 0.15) is 45.7 Å². The molecule has 0 atom stereocenters. The zero-order valence-electron chi connectivity index (χ0n) is 20.3. The molecule has 8 nitrogen and oxygen atoms in total. The fourth-order valence-corrected chi connectivity index (χ4v) is 3.90. The van der Waals surface area contributed by atoms with Crippen molar-refractivity contribution in [3.05, 3.63) is 107 Å². The maximum Gasteiger partial charge on any atom is 0.339 e. The highest BCUT2D eigenvalue weighted by atomic mass is 16.5. The minimum Gasteiger partial charge on any atom is -0.478 e.